The monoisotopic (exact) mass is 222 g/mol. The summed E-state index contributed by atoms with van der Waals surface area (Å²) in [6.45, 7) is 6.48. The first-order chi connectivity index (χ1) is 7.48. The molecular weight excluding hydrogens is 200 g/mol. The van der Waals surface area contributed by atoms with E-state index in [0.717, 1.165) is 5.56 Å². The van der Waals surface area contributed by atoms with Crippen LogP contribution in [-0.4, -0.2) is 24.4 Å². The van der Waals surface area contributed by atoms with Gasteiger partial charge in [0.2, 0.25) is 0 Å². The van der Waals surface area contributed by atoms with Gasteiger partial charge in [-0.05, 0) is 18.4 Å². The Morgan fingerprint density at radius 2 is 2.06 bits per heavy atom. The Balaban J connectivity index is 2.83. The number of hydrogen-bond donors (Lipinski definition) is 1. The largest absolute Gasteiger partial charge is 0.387 e. The van der Waals surface area contributed by atoms with Gasteiger partial charge in [-0.25, -0.2) is 0 Å². The molecule has 0 spiro atoms. The van der Waals surface area contributed by atoms with Crippen molar-refractivity contribution in [1.82, 2.24) is 0 Å². The van der Waals surface area contributed by atoms with Crippen LogP contribution in [0.5, 0.6) is 0 Å². The second-order valence-electron chi connectivity index (χ2n) is 4.86. The van der Waals surface area contributed by atoms with Crippen LogP contribution < -0.4 is 0 Å². The van der Waals surface area contributed by atoms with Crippen molar-refractivity contribution in [2.75, 3.05) is 13.7 Å². The van der Waals surface area contributed by atoms with Crippen LogP contribution in [0.4, 0.5) is 0 Å². The molecule has 1 rings (SSSR count). The highest BCUT2D eigenvalue weighted by atomic mass is 16.5. The molecule has 0 bridgehead atoms. The van der Waals surface area contributed by atoms with Gasteiger partial charge in [-0.3, -0.25) is 0 Å². The number of aliphatic hydroxyl groups is 1. The second-order valence-corrected chi connectivity index (χ2v) is 4.86. The highest BCUT2D eigenvalue weighted by molar-refractivity contribution is 5.23. The fourth-order valence-electron chi connectivity index (χ4n) is 1.85. The highest BCUT2D eigenvalue weighted by Crippen LogP contribution is 2.23. The molecule has 0 aliphatic heterocycles. The molecule has 90 valence electrons. The summed E-state index contributed by atoms with van der Waals surface area (Å²) in [6, 6.07) is 8.26. The van der Waals surface area contributed by atoms with Crippen LogP contribution in [0.1, 0.15) is 25.0 Å². The maximum absolute atomic E-state index is 10.5. The van der Waals surface area contributed by atoms with E-state index in [1.165, 1.54) is 5.56 Å². The number of methoxy groups -OCH3 is 1. The molecule has 16 heavy (non-hydrogen) atoms. The minimum Gasteiger partial charge on any atom is -0.387 e. The maximum atomic E-state index is 10.5. The molecule has 0 saturated carbocycles. The first-order valence-corrected chi connectivity index (χ1v) is 5.75. The fraction of sp³-hybridized carbons (Fsp3) is 0.571. The minimum absolute atomic E-state index is 0.174. The standard InChI is InChI=1S/C14H22O2/c1-11(2)14(15,10-16-4)9-13-7-5-6-12(3)8-13/h5-8,11,15H,9-10H2,1-4H3. The lowest BCUT2D eigenvalue weighted by Gasteiger charge is -2.31. The van der Waals surface area contributed by atoms with E-state index in [1.54, 1.807) is 7.11 Å². The smallest absolute Gasteiger partial charge is 0.0942 e. The predicted molar refractivity (Wildman–Crippen MR) is 66.5 cm³/mol. The van der Waals surface area contributed by atoms with E-state index < -0.39 is 5.60 Å². The highest BCUT2D eigenvalue weighted by Gasteiger charge is 2.31. The summed E-state index contributed by atoms with van der Waals surface area (Å²) in [4.78, 5) is 0. The third-order valence-electron chi connectivity index (χ3n) is 3.06. The van der Waals surface area contributed by atoms with Crippen LogP contribution in [0.25, 0.3) is 0 Å². The lowest BCUT2D eigenvalue weighted by atomic mass is 9.85. The Labute approximate surface area is 98.3 Å². The molecule has 1 atom stereocenters. The summed E-state index contributed by atoms with van der Waals surface area (Å²) in [5.74, 6) is 0.174. The Bertz CT molecular complexity index is 333. The lowest BCUT2D eigenvalue weighted by molar-refractivity contribution is -0.0637. The molecule has 1 aromatic rings. The Kier molecular flexibility index (Phi) is 4.51. The number of benzene rings is 1. The predicted octanol–water partition coefficient (Wildman–Crippen LogP) is 2.57. The SMILES string of the molecule is COCC(O)(Cc1cccc(C)c1)C(C)C. The van der Waals surface area contributed by atoms with Gasteiger partial charge in [0.1, 0.15) is 0 Å². The van der Waals surface area contributed by atoms with Gasteiger partial charge in [-0.1, -0.05) is 43.7 Å². The first-order valence-electron chi connectivity index (χ1n) is 5.75. The third-order valence-corrected chi connectivity index (χ3v) is 3.06. The number of aryl methyl sites for hydroxylation is 1. The molecule has 2 nitrogen and oxygen atoms in total. The normalized spacial score (nSPS) is 15.1. The molecule has 1 aromatic carbocycles. The molecule has 0 saturated heterocycles. The molecule has 1 N–H and O–H groups in total. The van der Waals surface area contributed by atoms with Gasteiger partial charge < -0.3 is 9.84 Å². The van der Waals surface area contributed by atoms with Gasteiger partial charge in [0.25, 0.3) is 0 Å². The first kappa shape index (κ1) is 13.2. The zero-order valence-electron chi connectivity index (χ0n) is 10.7. The molecule has 0 amide bonds. The Morgan fingerprint density at radius 3 is 2.56 bits per heavy atom. The fourth-order valence-corrected chi connectivity index (χ4v) is 1.85. The van der Waals surface area contributed by atoms with Crippen molar-refractivity contribution in [2.24, 2.45) is 5.92 Å². The zero-order valence-corrected chi connectivity index (χ0v) is 10.7. The average Bonchev–Trinajstić information content (AvgIpc) is 2.17. The zero-order chi connectivity index (χ0) is 12.2. The summed E-state index contributed by atoms with van der Waals surface area (Å²) in [6.07, 6.45) is 0.639. The maximum Gasteiger partial charge on any atom is 0.0942 e. The summed E-state index contributed by atoms with van der Waals surface area (Å²) >= 11 is 0. The van der Waals surface area contributed by atoms with E-state index in [2.05, 4.69) is 25.1 Å². The van der Waals surface area contributed by atoms with Crippen molar-refractivity contribution >= 4 is 0 Å². The van der Waals surface area contributed by atoms with E-state index in [-0.39, 0.29) is 5.92 Å². The van der Waals surface area contributed by atoms with E-state index in [0.29, 0.717) is 13.0 Å². The average molecular weight is 222 g/mol. The quantitative estimate of drug-likeness (QED) is 0.829. The van der Waals surface area contributed by atoms with Gasteiger partial charge in [0, 0.05) is 13.5 Å². The van der Waals surface area contributed by atoms with Gasteiger partial charge in [0.05, 0.1) is 12.2 Å². The number of hydrogen-bond acceptors (Lipinski definition) is 2. The molecule has 2 heteroatoms. The minimum atomic E-state index is -0.775. The summed E-state index contributed by atoms with van der Waals surface area (Å²) in [5.41, 5.74) is 1.61. The van der Waals surface area contributed by atoms with Crippen molar-refractivity contribution in [3.05, 3.63) is 35.4 Å². The third kappa shape index (κ3) is 3.32. The number of ether oxygens (including phenoxy) is 1. The molecular formula is C14H22O2. The van der Waals surface area contributed by atoms with Crippen LogP contribution in [0.15, 0.2) is 24.3 Å². The van der Waals surface area contributed by atoms with Crippen molar-refractivity contribution < 1.29 is 9.84 Å². The van der Waals surface area contributed by atoms with E-state index in [9.17, 15) is 5.11 Å². The van der Waals surface area contributed by atoms with Crippen molar-refractivity contribution in [1.29, 1.82) is 0 Å². The molecule has 0 heterocycles. The molecule has 0 aliphatic carbocycles. The van der Waals surface area contributed by atoms with Crippen molar-refractivity contribution in [3.8, 4) is 0 Å². The molecule has 0 radical (unpaired) electrons. The van der Waals surface area contributed by atoms with E-state index in [1.807, 2.05) is 19.9 Å². The van der Waals surface area contributed by atoms with Gasteiger partial charge in [-0.15, -0.1) is 0 Å². The van der Waals surface area contributed by atoms with Crippen molar-refractivity contribution in [3.63, 3.8) is 0 Å². The van der Waals surface area contributed by atoms with Crippen LogP contribution >= 0.6 is 0 Å². The van der Waals surface area contributed by atoms with Crippen LogP contribution in [0.2, 0.25) is 0 Å². The second kappa shape index (κ2) is 5.46. The Morgan fingerprint density at radius 1 is 1.38 bits per heavy atom. The van der Waals surface area contributed by atoms with Gasteiger partial charge in [0.15, 0.2) is 0 Å². The summed E-state index contributed by atoms with van der Waals surface area (Å²) < 4.78 is 5.12. The van der Waals surface area contributed by atoms with Gasteiger partial charge in [-0.2, -0.15) is 0 Å². The van der Waals surface area contributed by atoms with E-state index in [4.69, 9.17) is 4.74 Å². The molecule has 1 unspecified atom stereocenters. The molecule has 0 aromatic heterocycles. The van der Waals surface area contributed by atoms with Crippen LogP contribution in [-0.2, 0) is 11.2 Å². The van der Waals surface area contributed by atoms with Gasteiger partial charge >= 0.3 is 0 Å². The number of rotatable bonds is 5. The lowest BCUT2D eigenvalue weighted by Crippen LogP contribution is -2.42. The topological polar surface area (TPSA) is 29.5 Å². The Hall–Kier alpha value is -0.860. The van der Waals surface area contributed by atoms with Crippen LogP contribution in [0.3, 0.4) is 0 Å². The molecule has 0 aliphatic rings. The van der Waals surface area contributed by atoms with Crippen molar-refractivity contribution in [2.45, 2.75) is 32.8 Å². The summed E-state index contributed by atoms with van der Waals surface area (Å²) in [5, 5.41) is 10.5. The molecule has 0 fully saturated rings. The summed E-state index contributed by atoms with van der Waals surface area (Å²) in [7, 11) is 1.63. The van der Waals surface area contributed by atoms with Crippen LogP contribution in [0, 0.1) is 12.8 Å². The van der Waals surface area contributed by atoms with E-state index >= 15 is 0 Å².